The van der Waals surface area contributed by atoms with Gasteiger partial charge in [-0.3, -0.25) is 14.2 Å². The molecule has 0 saturated carbocycles. The molecule has 0 atom stereocenters. The molecule has 3 rings (SSSR count). The average molecular weight is 465 g/mol. The van der Waals surface area contributed by atoms with Gasteiger partial charge in [0, 0.05) is 22.7 Å². The van der Waals surface area contributed by atoms with Crippen molar-refractivity contribution < 1.29 is 27.8 Å². The minimum atomic E-state index is -2.95. The third-order valence-electron chi connectivity index (χ3n) is 4.92. The fraction of sp³-hybridized carbons (Fsp3) is 0.304. The summed E-state index contributed by atoms with van der Waals surface area (Å²) in [6.45, 7) is 2.51. The van der Waals surface area contributed by atoms with Crippen molar-refractivity contribution in [2.45, 2.75) is 39.8 Å². The van der Waals surface area contributed by atoms with Crippen LogP contribution in [0.15, 0.2) is 36.4 Å². The molecule has 0 bridgehead atoms. The number of hydrogen-bond donors (Lipinski definition) is 1. The molecule has 0 saturated heterocycles. The number of nitrogens with zero attached hydrogens (tertiary/aromatic N) is 1. The number of ether oxygens (including phenoxy) is 2. The van der Waals surface area contributed by atoms with E-state index in [1.807, 2.05) is 13.8 Å². The Balaban J connectivity index is 2.11. The number of methoxy groups -OCH3 is 1. The van der Waals surface area contributed by atoms with Crippen LogP contribution in [0.4, 0.5) is 8.78 Å². The van der Waals surface area contributed by atoms with Crippen LogP contribution >= 0.6 is 11.6 Å². The van der Waals surface area contributed by atoms with Crippen LogP contribution in [0.5, 0.6) is 11.5 Å². The van der Waals surface area contributed by atoms with Gasteiger partial charge in [0.2, 0.25) is 5.91 Å². The molecule has 1 N–H and O–H groups in total. The van der Waals surface area contributed by atoms with Crippen LogP contribution in [0.25, 0.3) is 10.9 Å². The molecule has 1 amide bonds. The van der Waals surface area contributed by atoms with Crippen molar-refractivity contribution >= 4 is 34.3 Å². The maximum absolute atomic E-state index is 13.4. The number of alkyl halides is 2. The van der Waals surface area contributed by atoms with Gasteiger partial charge in [0.1, 0.15) is 11.5 Å². The van der Waals surface area contributed by atoms with Gasteiger partial charge in [-0.15, -0.1) is 0 Å². The fourth-order valence-electron chi connectivity index (χ4n) is 3.56. The van der Waals surface area contributed by atoms with Crippen LogP contribution in [0.3, 0.4) is 0 Å². The van der Waals surface area contributed by atoms with Crippen molar-refractivity contribution in [3.8, 4) is 11.5 Å². The first-order valence-electron chi connectivity index (χ1n) is 9.88. The number of halogens is 3. The second kappa shape index (κ2) is 9.56. The molecule has 0 aliphatic heterocycles. The molecule has 1 heterocycles. The van der Waals surface area contributed by atoms with Gasteiger partial charge in [-0.05, 0) is 62.7 Å². The second-order valence-electron chi connectivity index (χ2n) is 7.51. The van der Waals surface area contributed by atoms with E-state index in [0.717, 1.165) is 0 Å². The molecule has 170 valence electrons. The SMILES string of the molecule is COc1cc2c(CC(=O)NC(C)C)c(C)n(C(=O)c3ccc(OC(F)F)cc3)c2cc1Cl. The molecule has 6 nitrogen and oxygen atoms in total. The minimum Gasteiger partial charge on any atom is -0.495 e. The number of nitrogens with one attached hydrogen (secondary N) is 1. The third kappa shape index (κ3) is 4.85. The normalized spacial score (nSPS) is 11.3. The highest BCUT2D eigenvalue weighted by atomic mass is 35.5. The van der Waals surface area contributed by atoms with Crippen molar-refractivity contribution in [1.82, 2.24) is 9.88 Å². The summed E-state index contributed by atoms with van der Waals surface area (Å²) in [5.74, 6) is -0.211. The zero-order valence-electron chi connectivity index (χ0n) is 18.0. The number of benzene rings is 2. The average Bonchev–Trinajstić information content (AvgIpc) is 2.96. The van der Waals surface area contributed by atoms with Gasteiger partial charge in [0.15, 0.2) is 0 Å². The molecular weight excluding hydrogens is 442 g/mol. The molecule has 9 heteroatoms. The van der Waals surface area contributed by atoms with Crippen LogP contribution in [0.2, 0.25) is 5.02 Å². The van der Waals surface area contributed by atoms with Crippen molar-refractivity contribution in [3.63, 3.8) is 0 Å². The summed E-state index contributed by atoms with van der Waals surface area (Å²) in [5, 5.41) is 3.82. The predicted octanol–water partition coefficient (Wildman–Crippen LogP) is 4.97. The van der Waals surface area contributed by atoms with Crippen molar-refractivity contribution in [2.75, 3.05) is 7.11 Å². The van der Waals surface area contributed by atoms with E-state index in [0.29, 0.717) is 32.9 Å². The van der Waals surface area contributed by atoms with E-state index in [-0.39, 0.29) is 29.7 Å². The van der Waals surface area contributed by atoms with Gasteiger partial charge < -0.3 is 14.8 Å². The van der Waals surface area contributed by atoms with Crippen LogP contribution in [-0.4, -0.2) is 36.1 Å². The van der Waals surface area contributed by atoms with Gasteiger partial charge in [-0.1, -0.05) is 11.6 Å². The number of carbonyl (C=O) groups excluding carboxylic acids is 2. The predicted molar refractivity (Wildman–Crippen MR) is 118 cm³/mol. The Morgan fingerprint density at radius 3 is 2.38 bits per heavy atom. The molecule has 0 fully saturated rings. The van der Waals surface area contributed by atoms with E-state index in [2.05, 4.69) is 10.1 Å². The summed E-state index contributed by atoms with van der Waals surface area (Å²) in [6, 6.07) is 8.69. The molecule has 2 aromatic carbocycles. The Labute approximate surface area is 189 Å². The van der Waals surface area contributed by atoms with E-state index in [9.17, 15) is 18.4 Å². The summed E-state index contributed by atoms with van der Waals surface area (Å²) in [6.07, 6.45) is 0.0622. The van der Waals surface area contributed by atoms with Gasteiger partial charge in [-0.25, -0.2) is 0 Å². The highest BCUT2D eigenvalue weighted by Gasteiger charge is 2.23. The summed E-state index contributed by atoms with van der Waals surface area (Å²) in [5.41, 5.74) is 2.01. The minimum absolute atomic E-state index is 0.0317. The second-order valence-corrected chi connectivity index (χ2v) is 7.92. The maximum Gasteiger partial charge on any atom is 0.387 e. The summed E-state index contributed by atoms with van der Waals surface area (Å²) >= 11 is 6.31. The largest absolute Gasteiger partial charge is 0.495 e. The quantitative estimate of drug-likeness (QED) is 0.536. The lowest BCUT2D eigenvalue weighted by Gasteiger charge is -2.10. The third-order valence-corrected chi connectivity index (χ3v) is 5.22. The van der Waals surface area contributed by atoms with E-state index >= 15 is 0 Å². The number of hydrogen-bond acceptors (Lipinski definition) is 4. The molecule has 1 aromatic heterocycles. The van der Waals surface area contributed by atoms with Crippen molar-refractivity contribution in [2.24, 2.45) is 0 Å². The Kier molecular flexibility index (Phi) is 7.03. The number of aromatic nitrogens is 1. The van der Waals surface area contributed by atoms with Gasteiger partial charge in [0.25, 0.3) is 5.91 Å². The Bertz CT molecular complexity index is 1160. The smallest absolute Gasteiger partial charge is 0.387 e. The first kappa shape index (κ1) is 23.5. The van der Waals surface area contributed by atoms with Gasteiger partial charge >= 0.3 is 6.61 Å². The topological polar surface area (TPSA) is 69.6 Å². The first-order chi connectivity index (χ1) is 15.1. The molecule has 0 aliphatic rings. The van der Waals surface area contributed by atoms with Crippen LogP contribution in [0.1, 0.15) is 35.5 Å². The number of carbonyl (C=O) groups is 2. The van der Waals surface area contributed by atoms with Crippen LogP contribution in [0, 0.1) is 6.92 Å². The Hall–Kier alpha value is -3.13. The lowest BCUT2D eigenvalue weighted by Crippen LogP contribution is -2.31. The highest BCUT2D eigenvalue weighted by molar-refractivity contribution is 6.33. The number of rotatable bonds is 7. The summed E-state index contributed by atoms with van der Waals surface area (Å²) in [4.78, 5) is 25.8. The Morgan fingerprint density at radius 2 is 1.81 bits per heavy atom. The summed E-state index contributed by atoms with van der Waals surface area (Å²) < 4.78 is 35.9. The molecule has 0 unspecified atom stereocenters. The zero-order valence-corrected chi connectivity index (χ0v) is 18.8. The molecule has 3 aromatic rings. The molecule has 0 radical (unpaired) electrons. The van der Waals surface area contributed by atoms with E-state index in [1.54, 1.807) is 19.1 Å². The van der Waals surface area contributed by atoms with E-state index in [1.165, 1.54) is 35.9 Å². The first-order valence-corrected chi connectivity index (χ1v) is 10.3. The Morgan fingerprint density at radius 1 is 1.16 bits per heavy atom. The lowest BCUT2D eigenvalue weighted by atomic mass is 10.1. The molecular formula is C23H23ClF2N2O4. The number of amides is 1. The van der Waals surface area contributed by atoms with Crippen molar-refractivity contribution in [3.05, 3.63) is 58.2 Å². The van der Waals surface area contributed by atoms with Gasteiger partial charge in [-0.2, -0.15) is 8.78 Å². The van der Waals surface area contributed by atoms with E-state index in [4.69, 9.17) is 16.3 Å². The van der Waals surface area contributed by atoms with Crippen LogP contribution < -0.4 is 14.8 Å². The maximum atomic E-state index is 13.4. The molecule has 32 heavy (non-hydrogen) atoms. The fourth-order valence-corrected chi connectivity index (χ4v) is 3.80. The summed E-state index contributed by atoms with van der Waals surface area (Å²) in [7, 11) is 1.48. The standard InChI is InChI=1S/C23H23ClF2N2O4/c1-12(2)27-21(29)10-16-13(3)28(19-11-18(24)20(31-4)9-17(16)19)22(30)14-5-7-15(8-6-14)32-23(25)26/h5-9,11-12,23H,10H2,1-4H3,(H,27,29). The molecule has 0 spiro atoms. The number of fused-ring (bicyclic) bond motifs is 1. The van der Waals surface area contributed by atoms with E-state index < -0.39 is 12.5 Å². The zero-order chi connectivity index (χ0) is 23.6. The molecule has 0 aliphatic carbocycles. The van der Waals surface area contributed by atoms with Crippen molar-refractivity contribution in [1.29, 1.82) is 0 Å². The van der Waals surface area contributed by atoms with Gasteiger partial charge in [0.05, 0.1) is 24.1 Å². The highest BCUT2D eigenvalue weighted by Crippen LogP contribution is 2.35. The monoisotopic (exact) mass is 464 g/mol. The lowest BCUT2D eigenvalue weighted by molar-refractivity contribution is -0.120. The van der Waals surface area contributed by atoms with Crippen LogP contribution in [-0.2, 0) is 11.2 Å².